The monoisotopic (exact) mass is 468 g/mol. The minimum absolute atomic E-state index is 0.216. The molecule has 1 saturated carbocycles. The van der Waals surface area contributed by atoms with Gasteiger partial charge < -0.3 is 10.4 Å². The van der Waals surface area contributed by atoms with Crippen LogP contribution in [0.3, 0.4) is 0 Å². The van der Waals surface area contributed by atoms with Gasteiger partial charge in [0.05, 0.1) is 29.1 Å². The van der Waals surface area contributed by atoms with E-state index < -0.39 is 11.5 Å². The Kier molecular flexibility index (Phi) is 6.81. The molecule has 2 atom stereocenters. The van der Waals surface area contributed by atoms with Crippen LogP contribution < -0.4 is 5.32 Å². The van der Waals surface area contributed by atoms with Crippen LogP contribution in [0.5, 0.6) is 0 Å². The maximum Gasteiger partial charge on any atom is 0.270 e. The summed E-state index contributed by atoms with van der Waals surface area (Å²) in [6, 6.07) is 22.3. The number of fused-ring (bicyclic) bond motifs is 1. The smallest absolute Gasteiger partial charge is 0.270 e. The van der Waals surface area contributed by atoms with Crippen LogP contribution in [0.25, 0.3) is 10.9 Å². The van der Waals surface area contributed by atoms with Crippen LogP contribution in [0.2, 0.25) is 0 Å². The van der Waals surface area contributed by atoms with E-state index in [1.54, 1.807) is 0 Å². The molecule has 2 heterocycles. The van der Waals surface area contributed by atoms with Gasteiger partial charge in [0.15, 0.2) is 0 Å². The minimum atomic E-state index is -0.494. The summed E-state index contributed by atoms with van der Waals surface area (Å²) >= 11 is 0. The van der Waals surface area contributed by atoms with E-state index in [2.05, 4.69) is 39.5 Å². The van der Waals surface area contributed by atoms with Crippen molar-refractivity contribution in [3.05, 3.63) is 77.5 Å². The van der Waals surface area contributed by atoms with Crippen molar-refractivity contribution in [2.24, 2.45) is 0 Å². The van der Waals surface area contributed by atoms with Crippen molar-refractivity contribution in [2.45, 2.75) is 62.6 Å². The molecule has 1 aromatic heterocycles. The lowest BCUT2D eigenvalue weighted by atomic mass is 9.74. The Morgan fingerprint density at radius 2 is 1.80 bits per heavy atom. The number of aliphatic hydroxyl groups excluding tert-OH is 1. The van der Waals surface area contributed by atoms with Crippen LogP contribution >= 0.6 is 0 Å². The number of amides is 1. The fourth-order valence-corrected chi connectivity index (χ4v) is 5.57. The molecule has 1 amide bonds. The third kappa shape index (κ3) is 4.93. The highest BCUT2D eigenvalue weighted by Gasteiger charge is 2.36. The first-order valence-corrected chi connectivity index (χ1v) is 12.6. The molecule has 1 aliphatic heterocycles. The molecule has 2 aliphatic rings. The SMILES string of the molecule is N#CC1(c2ccccc2)CCN(Cc2cc(C(=O)N[C@H]3CCCC[C@@H]3O)nc3ccccc23)CC1. The van der Waals surface area contributed by atoms with Gasteiger partial charge in [-0.25, -0.2) is 4.98 Å². The first-order valence-electron chi connectivity index (χ1n) is 12.6. The average Bonchev–Trinajstić information content (AvgIpc) is 2.91. The summed E-state index contributed by atoms with van der Waals surface area (Å²) in [5.74, 6) is -0.228. The number of hydrogen-bond donors (Lipinski definition) is 2. The lowest BCUT2D eigenvalue weighted by Gasteiger charge is -2.37. The Morgan fingerprint density at radius 3 is 2.54 bits per heavy atom. The van der Waals surface area contributed by atoms with Crippen molar-refractivity contribution in [2.75, 3.05) is 13.1 Å². The molecule has 180 valence electrons. The number of nitriles is 1. The molecule has 2 N–H and O–H groups in total. The third-order valence-electron chi connectivity index (χ3n) is 7.72. The van der Waals surface area contributed by atoms with Gasteiger partial charge in [-0.3, -0.25) is 9.69 Å². The van der Waals surface area contributed by atoms with Gasteiger partial charge in [0.25, 0.3) is 5.91 Å². The predicted octanol–water partition coefficient (Wildman–Crippen LogP) is 4.33. The van der Waals surface area contributed by atoms with Crippen LogP contribution in [0, 0.1) is 11.3 Å². The van der Waals surface area contributed by atoms with Crippen LogP contribution in [0.4, 0.5) is 0 Å². The highest BCUT2D eigenvalue weighted by atomic mass is 16.3. The lowest BCUT2D eigenvalue weighted by Crippen LogP contribution is -2.45. The van der Waals surface area contributed by atoms with E-state index in [-0.39, 0.29) is 11.9 Å². The molecule has 6 nitrogen and oxygen atoms in total. The number of likely N-dealkylation sites (tertiary alicyclic amines) is 1. The molecule has 6 heteroatoms. The number of piperidine rings is 1. The van der Waals surface area contributed by atoms with E-state index in [1.807, 2.05) is 42.5 Å². The second kappa shape index (κ2) is 10.2. The number of benzene rings is 2. The predicted molar refractivity (Wildman–Crippen MR) is 136 cm³/mol. The molecule has 0 spiro atoms. The maximum absolute atomic E-state index is 13.1. The number of carbonyl (C=O) groups is 1. The van der Waals surface area contributed by atoms with Gasteiger partial charge in [-0.1, -0.05) is 61.4 Å². The summed E-state index contributed by atoms with van der Waals surface area (Å²) in [5, 5.41) is 24.4. The fraction of sp³-hybridized carbons (Fsp3) is 0.414. The standard InChI is InChI=1S/C29H32N4O2/c30-20-29(22-8-2-1-3-9-22)14-16-33(17-15-29)19-21-18-26(31-24-11-5-4-10-23(21)24)28(35)32-25-12-6-7-13-27(25)34/h1-5,8-11,18,25,27,34H,6-7,12-17,19H2,(H,32,35)/t25-,27-/m0/s1. The van der Waals surface area contributed by atoms with Gasteiger partial charge >= 0.3 is 0 Å². The minimum Gasteiger partial charge on any atom is -0.391 e. The number of pyridine rings is 1. The zero-order valence-electron chi connectivity index (χ0n) is 20.0. The lowest BCUT2D eigenvalue weighted by molar-refractivity contribution is 0.0714. The number of nitrogens with zero attached hydrogens (tertiary/aromatic N) is 3. The maximum atomic E-state index is 13.1. The van der Waals surface area contributed by atoms with Crippen LogP contribution in [-0.4, -0.2) is 46.1 Å². The van der Waals surface area contributed by atoms with Crippen molar-refractivity contribution in [1.82, 2.24) is 15.2 Å². The summed E-state index contributed by atoms with van der Waals surface area (Å²) < 4.78 is 0. The highest BCUT2D eigenvalue weighted by Crippen LogP contribution is 2.35. The van der Waals surface area contributed by atoms with Crippen LogP contribution in [0.1, 0.15) is 60.1 Å². The van der Waals surface area contributed by atoms with Crippen molar-refractivity contribution >= 4 is 16.8 Å². The molecule has 0 bridgehead atoms. The molecule has 2 fully saturated rings. The molecular weight excluding hydrogens is 436 g/mol. The molecule has 5 rings (SSSR count). The summed E-state index contributed by atoms with van der Waals surface area (Å²) in [6.07, 6.45) is 4.60. The van der Waals surface area contributed by atoms with E-state index in [4.69, 9.17) is 0 Å². The van der Waals surface area contributed by atoms with E-state index in [0.29, 0.717) is 12.2 Å². The van der Waals surface area contributed by atoms with Crippen LogP contribution in [0.15, 0.2) is 60.7 Å². The van der Waals surface area contributed by atoms with Crippen molar-refractivity contribution in [3.63, 3.8) is 0 Å². The topological polar surface area (TPSA) is 89.2 Å². The van der Waals surface area contributed by atoms with Crippen molar-refractivity contribution < 1.29 is 9.90 Å². The molecule has 1 aliphatic carbocycles. The van der Waals surface area contributed by atoms with E-state index in [9.17, 15) is 15.2 Å². The summed E-state index contributed by atoms with van der Waals surface area (Å²) in [6.45, 7) is 2.33. The summed E-state index contributed by atoms with van der Waals surface area (Å²) in [7, 11) is 0. The second-order valence-electron chi connectivity index (χ2n) is 9.95. The number of hydrogen-bond acceptors (Lipinski definition) is 5. The van der Waals surface area contributed by atoms with Gasteiger partial charge in [0.2, 0.25) is 0 Å². The molecule has 35 heavy (non-hydrogen) atoms. The van der Waals surface area contributed by atoms with Gasteiger partial charge in [-0.2, -0.15) is 5.26 Å². The Bertz CT molecular complexity index is 1230. The van der Waals surface area contributed by atoms with Gasteiger partial charge in [-0.05, 0) is 48.9 Å². The molecular formula is C29H32N4O2. The molecule has 0 unspecified atom stereocenters. The van der Waals surface area contributed by atoms with E-state index >= 15 is 0 Å². The number of nitrogens with one attached hydrogen (secondary N) is 1. The first kappa shape index (κ1) is 23.5. The Hall–Kier alpha value is -3.27. The number of rotatable bonds is 5. The fourth-order valence-electron chi connectivity index (χ4n) is 5.57. The molecule has 0 radical (unpaired) electrons. The quantitative estimate of drug-likeness (QED) is 0.582. The zero-order valence-corrected chi connectivity index (χ0v) is 20.0. The second-order valence-corrected chi connectivity index (χ2v) is 9.95. The van der Waals surface area contributed by atoms with E-state index in [0.717, 1.165) is 73.6 Å². The van der Waals surface area contributed by atoms with Gasteiger partial charge in [0.1, 0.15) is 5.69 Å². The van der Waals surface area contributed by atoms with E-state index in [1.165, 1.54) is 0 Å². The largest absolute Gasteiger partial charge is 0.391 e. The van der Waals surface area contributed by atoms with Gasteiger partial charge in [-0.15, -0.1) is 0 Å². The van der Waals surface area contributed by atoms with Crippen LogP contribution in [-0.2, 0) is 12.0 Å². The van der Waals surface area contributed by atoms with Crippen molar-refractivity contribution in [3.8, 4) is 6.07 Å². The Morgan fingerprint density at radius 1 is 1.09 bits per heavy atom. The highest BCUT2D eigenvalue weighted by molar-refractivity contribution is 5.96. The number of para-hydroxylation sites is 1. The number of carbonyl (C=O) groups excluding carboxylic acids is 1. The summed E-state index contributed by atoms with van der Waals surface area (Å²) in [5.41, 5.74) is 2.91. The third-order valence-corrected chi connectivity index (χ3v) is 7.72. The molecule has 1 saturated heterocycles. The van der Waals surface area contributed by atoms with Gasteiger partial charge in [0, 0.05) is 25.0 Å². The normalized spacial score (nSPS) is 22.4. The van der Waals surface area contributed by atoms with Crippen molar-refractivity contribution in [1.29, 1.82) is 5.26 Å². The Labute approximate surface area is 206 Å². The number of aliphatic hydroxyl groups is 1. The Balaban J connectivity index is 1.35. The molecule has 2 aromatic carbocycles. The zero-order chi connectivity index (χ0) is 24.3. The average molecular weight is 469 g/mol. The number of aromatic nitrogens is 1. The summed E-state index contributed by atoms with van der Waals surface area (Å²) in [4.78, 5) is 20.1. The molecule has 3 aromatic rings. The first-order chi connectivity index (χ1) is 17.1.